The topological polar surface area (TPSA) is 116 Å². The lowest BCUT2D eigenvalue weighted by Gasteiger charge is -2.16. The number of carbonyl (C=O) groups is 1. The summed E-state index contributed by atoms with van der Waals surface area (Å²) < 4.78 is 14.0. The Balaban J connectivity index is 0.000000230. The van der Waals surface area contributed by atoms with Gasteiger partial charge in [0.2, 0.25) is 18.3 Å². The Labute approximate surface area is 215 Å². The Morgan fingerprint density at radius 2 is 1.92 bits per heavy atom. The number of anilines is 4. The number of pyridine rings is 1. The SMILES string of the molecule is C#C.C=C.O=CNc1ccc(F)nc1.c1cc2c(Nc3cc(C4CC4)[nH]n3)nc(N3CCCC3)nn2c1. The first-order valence-electron chi connectivity index (χ1n) is 11.8. The Morgan fingerprint density at radius 3 is 2.57 bits per heavy atom. The monoisotopic (exact) mass is 503 g/mol. The van der Waals surface area contributed by atoms with E-state index in [9.17, 15) is 9.18 Å². The molecule has 0 bridgehead atoms. The number of amides is 1. The second-order valence-corrected chi connectivity index (χ2v) is 8.03. The Hall–Kier alpha value is -4.72. The number of hydrogen-bond donors (Lipinski definition) is 3. The summed E-state index contributed by atoms with van der Waals surface area (Å²) in [6, 6.07) is 8.70. The minimum absolute atomic E-state index is 0.483. The van der Waals surface area contributed by atoms with Crippen LogP contribution in [0.25, 0.3) is 5.52 Å². The minimum atomic E-state index is -0.559. The van der Waals surface area contributed by atoms with E-state index in [1.807, 2.05) is 22.8 Å². The van der Waals surface area contributed by atoms with Crippen LogP contribution < -0.4 is 15.5 Å². The molecule has 0 spiro atoms. The third kappa shape index (κ3) is 7.14. The van der Waals surface area contributed by atoms with E-state index in [1.54, 1.807) is 0 Å². The lowest BCUT2D eigenvalue weighted by atomic mass is 10.3. The quantitative estimate of drug-likeness (QED) is 0.153. The zero-order valence-corrected chi connectivity index (χ0v) is 20.5. The van der Waals surface area contributed by atoms with Crippen molar-refractivity contribution in [1.29, 1.82) is 0 Å². The van der Waals surface area contributed by atoms with Gasteiger partial charge in [-0.3, -0.25) is 9.89 Å². The maximum absolute atomic E-state index is 12.1. The van der Waals surface area contributed by atoms with Crippen LogP contribution in [0.3, 0.4) is 0 Å². The van der Waals surface area contributed by atoms with Crippen molar-refractivity contribution < 1.29 is 9.18 Å². The molecule has 1 saturated carbocycles. The van der Waals surface area contributed by atoms with E-state index in [4.69, 9.17) is 4.98 Å². The molecule has 1 aliphatic heterocycles. The molecule has 0 aromatic carbocycles. The molecule has 2 aliphatic rings. The molecule has 5 heterocycles. The zero-order valence-electron chi connectivity index (χ0n) is 20.5. The summed E-state index contributed by atoms with van der Waals surface area (Å²) in [6.45, 7) is 8.06. The fraction of sp³-hybridized carbons (Fsp3) is 0.269. The van der Waals surface area contributed by atoms with Crippen molar-refractivity contribution in [3.63, 3.8) is 0 Å². The van der Waals surface area contributed by atoms with Crippen LogP contribution in [0.2, 0.25) is 0 Å². The number of carbonyl (C=O) groups excluding carboxylic acids is 1. The highest BCUT2D eigenvalue weighted by atomic mass is 19.1. The molecule has 10 nitrogen and oxygen atoms in total. The zero-order chi connectivity index (χ0) is 26.6. The van der Waals surface area contributed by atoms with E-state index in [-0.39, 0.29) is 0 Å². The van der Waals surface area contributed by atoms with Crippen LogP contribution in [0, 0.1) is 18.8 Å². The molecule has 2 fully saturated rings. The van der Waals surface area contributed by atoms with E-state index >= 15 is 0 Å². The molecule has 0 radical (unpaired) electrons. The summed E-state index contributed by atoms with van der Waals surface area (Å²) in [5.41, 5.74) is 2.66. The number of aromatic amines is 1. The molecule has 0 atom stereocenters. The van der Waals surface area contributed by atoms with Crippen molar-refractivity contribution in [2.45, 2.75) is 31.6 Å². The van der Waals surface area contributed by atoms with Crippen molar-refractivity contribution in [2.24, 2.45) is 0 Å². The molecule has 11 heteroatoms. The maximum atomic E-state index is 12.1. The predicted molar refractivity (Wildman–Crippen MR) is 143 cm³/mol. The van der Waals surface area contributed by atoms with Crippen LogP contribution in [-0.4, -0.2) is 49.3 Å². The molecular weight excluding hydrogens is 473 g/mol. The first-order valence-corrected chi connectivity index (χ1v) is 11.8. The fourth-order valence-corrected chi connectivity index (χ4v) is 3.72. The van der Waals surface area contributed by atoms with Crippen LogP contribution in [0.4, 0.5) is 27.7 Å². The average Bonchev–Trinajstić information content (AvgIpc) is 3.32. The first kappa shape index (κ1) is 26.9. The smallest absolute Gasteiger partial charge is 0.245 e. The minimum Gasteiger partial charge on any atom is -0.340 e. The number of nitrogens with zero attached hydrogens (tertiary/aromatic N) is 6. The summed E-state index contributed by atoms with van der Waals surface area (Å²) in [5, 5.41) is 17.8. The fourth-order valence-electron chi connectivity index (χ4n) is 3.72. The number of halogens is 1. The number of hydrogen-bond acceptors (Lipinski definition) is 7. The van der Waals surface area contributed by atoms with Gasteiger partial charge in [0.05, 0.1) is 11.9 Å². The number of H-pyrrole nitrogens is 1. The average molecular weight is 504 g/mol. The van der Waals surface area contributed by atoms with Gasteiger partial charge >= 0.3 is 0 Å². The maximum Gasteiger partial charge on any atom is 0.245 e. The molecule has 4 aromatic rings. The second kappa shape index (κ2) is 13.4. The molecule has 192 valence electrons. The van der Waals surface area contributed by atoms with Gasteiger partial charge in [-0.25, -0.2) is 9.50 Å². The van der Waals surface area contributed by atoms with Crippen LogP contribution in [0.15, 0.2) is 55.9 Å². The van der Waals surface area contributed by atoms with Gasteiger partial charge in [0.15, 0.2) is 11.6 Å². The second-order valence-electron chi connectivity index (χ2n) is 8.03. The van der Waals surface area contributed by atoms with Gasteiger partial charge in [-0.2, -0.15) is 14.5 Å². The summed E-state index contributed by atoms with van der Waals surface area (Å²) >= 11 is 0. The predicted octanol–water partition coefficient (Wildman–Crippen LogP) is 4.51. The highest BCUT2D eigenvalue weighted by molar-refractivity contribution is 5.73. The van der Waals surface area contributed by atoms with Gasteiger partial charge in [0, 0.05) is 37.0 Å². The van der Waals surface area contributed by atoms with E-state index < -0.39 is 5.95 Å². The number of nitrogens with one attached hydrogen (secondary N) is 3. The van der Waals surface area contributed by atoms with Gasteiger partial charge in [-0.15, -0.1) is 31.1 Å². The number of rotatable bonds is 6. The van der Waals surface area contributed by atoms with Crippen LogP contribution in [0.5, 0.6) is 0 Å². The summed E-state index contributed by atoms with van der Waals surface area (Å²) in [5.74, 6) is 2.52. The molecule has 1 amide bonds. The van der Waals surface area contributed by atoms with Crippen molar-refractivity contribution in [1.82, 2.24) is 29.8 Å². The van der Waals surface area contributed by atoms with Crippen LogP contribution in [-0.2, 0) is 4.79 Å². The van der Waals surface area contributed by atoms with Gasteiger partial charge in [-0.05, 0) is 49.9 Å². The van der Waals surface area contributed by atoms with E-state index in [2.05, 4.69) is 67.9 Å². The Morgan fingerprint density at radius 1 is 1.16 bits per heavy atom. The standard InChI is InChI=1S/C16H19N7.C6H5FN2O.C2H4.C2H2/c1-2-8-22(7-1)16-18-15(13-4-3-9-23(13)21-16)17-14-10-12(19-20-14)11-5-6-11;7-6-2-1-5(3-8-6)9-4-10;2*1-2/h3-4,9-11H,1-2,5-8H2,(H2,17,18,19,20,21);1-4H,(H,9,10);1-2H2;1-2H. The highest BCUT2D eigenvalue weighted by Gasteiger charge is 2.26. The van der Waals surface area contributed by atoms with Crippen molar-refractivity contribution in [2.75, 3.05) is 28.6 Å². The number of terminal acetylenes is 1. The van der Waals surface area contributed by atoms with Crippen molar-refractivity contribution in [3.8, 4) is 12.8 Å². The van der Waals surface area contributed by atoms with Gasteiger partial charge < -0.3 is 15.5 Å². The van der Waals surface area contributed by atoms with Crippen LogP contribution >= 0.6 is 0 Å². The normalized spacial score (nSPS) is 13.8. The third-order valence-electron chi connectivity index (χ3n) is 5.58. The van der Waals surface area contributed by atoms with Crippen molar-refractivity contribution in [3.05, 3.63) is 67.5 Å². The molecule has 1 saturated heterocycles. The molecule has 1 aliphatic carbocycles. The lowest BCUT2D eigenvalue weighted by Crippen LogP contribution is -2.22. The Kier molecular flexibility index (Phi) is 9.73. The summed E-state index contributed by atoms with van der Waals surface area (Å²) in [4.78, 5) is 20.1. The van der Waals surface area contributed by atoms with Crippen molar-refractivity contribution >= 4 is 35.2 Å². The third-order valence-corrected chi connectivity index (χ3v) is 5.58. The molecule has 37 heavy (non-hydrogen) atoms. The number of fused-ring (bicyclic) bond motifs is 1. The van der Waals surface area contributed by atoms with E-state index in [0.717, 1.165) is 36.2 Å². The van der Waals surface area contributed by atoms with Gasteiger partial charge in [-0.1, -0.05) is 0 Å². The Bertz CT molecular complexity index is 1290. The molecule has 3 N–H and O–H groups in total. The van der Waals surface area contributed by atoms with Gasteiger partial charge in [0.1, 0.15) is 5.52 Å². The summed E-state index contributed by atoms with van der Waals surface area (Å²) in [6.07, 6.45) is 16.6. The summed E-state index contributed by atoms with van der Waals surface area (Å²) in [7, 11) is 0. The first-order chi connectivity index (χ1) is 18.2. The number of aromatic nitrogens is 6. The molecule has 4 aromatic heterocycles. The molecule has 6 rings (SSSR count). The van der Waals surface area contributed by atoms with E-state index in [1.165, 1.54) is 49.7 Å². The van der Waals surface area contributed by atoms with E-state index in [0.29, 0.717) is 18.0 Å². The molecule has 0 unspecified atom stereocenters. The van der Waals surface area contributed by atoms with Crippen LogP contribution in [0.1, 0.15) is 37.3 Å². The lowest BCUT2D eigenvalue weighted by molar-refractivity contribution is -0.105. The highest BCUT2D eigenvalue weighted by Crippen LogP contribution is 2.39. The molecular formula is C26H30FN9O. The van der Waals surface area contributed by atoms with Gasteiger partial charge in [0.25, 0.3) is 0 Å². The largest absolute Gasteiger partial charge is 0.340 e.